The third-order valence-corrected chi connectivity index (χ3v) is 3.70. The van der Waals surface area contributed by atoms with Crippen LogP contribution >= 0.6 is 0 Å². The first-order chi connectivity index (χ1) is 13.0. The summed E-state index contributed by atoms with van der Waals surface area (Å²) >= 11 is 0. The molecule has 0 saturated carbocycles. The summed E-state index contributed by atoms with van der Waals surface area (Å²) in [6.45, 7) is 4.44. The van der Waals surface area contributed by atoms with E-state index in [4.69, 9.17) is 9.15 Å². The molecule has 0 aliphatic rings. The average molecular weight is 371 g/mol. The maximum absolute atomic E-state index is 12.6. The van der Waals surface area contributed by atoms with Gasteiger partial charge in [-0.2, -0.15) is 0 Å². The SMILES string of the molecule is COC(=O)CCN(Cc1ccco1)C(=O)/C=C/c1cccc(OC(C)C)c1. The fraction of sp³-hybridized carbons (Fsp3) is 0.333. The van der Waals surface area contributed by atoms with Crippen molar-refractivity contribution in [1.29, 1.82) is 0 Å². The van der Waals surface area contributed by atoms with Gasteiger partial charge in [0.15, 0.2) is 0 Å². The van der Waals surface area contributed by atoms with Gasteiger partial charge in [0.1, 0.15) is 11.5 Å². The Morgan fingerprint density at radius 1 is 1.22 bits per heavy atom. The van der Waals surface area contributed by atoms with Crippen LogP contribution in [0.15, 0.2) is 53.2 Å². The number of methoxy groups -OCH3 is 1. The van der Waals surface area contributed by atoms with Crippen LogP contribution in [0, 0.1) is 0 Å². The number of hydrogen-bond acceptors (Lipinski definition) is 5. The number of hydrogen-bond donors (Lipinski definition) is 0. The van der Waals surface area contributed by atoms with Crippen LogP contribution in [0.3, 0.4) is 0 Å². The molecule has 2 aromatic rings. The molecule has 2 rings (SSSR count). The molecule has 6 heteroatoms. The molecule has 0 aliphatic carbocycles. The molecule has 0 bridgehead atoms. The van der Waals surface area contributed by atoms with Crippen LogP contribution in [0.2, 0.25) is 0 Å². The van der Waals surface area contributed by atoms with Gasteiger partial charge in [0.05, 0.1) is 32.4 Å². The smallest absolute Gasteiger partial charge is 0.307 e. The number of ether oxygens (including phenoxy) is 2. The highest BCUT2D eigenvalue weighted by Crippen LogP contribution is 2.16. The van der Waals surface area contributed by atoms with Crippen molar-refractivity contribution in [1.82, 2.24) is 4.90 Å². The minimum atomic E-state index is -0.366. The van der Waals surface area contributed by atoms with Crippen LogP contribution < -0.4 is 4.74 Å². The number of benzene rings is 1. The monoisotopic (exact) mass is 371 g/mol. The third-order valence-electron chi connectivity index (χ3n) is 3.70. The Labute approximate surface area is 159 Å². The van der Waals surface area contributed by atoms with E-state index in [9.17, 15) is 9.59 Å². The first-order valence-electron chi connectivity index (χ1n) is 8.81. The van der Waals surface area contributed by atoms with Gasteiger partial charge in [-0.3, -0.25) is 9.59 Å². The topological polar surface area (TPSA) is 69.0 Å². The minimum Gasteiger partial charge on any atom is -0.491 e. The standard InChI is InChI=1S/C21H25NO5/c1-16(2)27-18-7-4-6-17(14-18)9-10-20(23)22(12-11-21(24)25-3)15-19-8-5-13-26-19/h4-10,13-14,16H,11-12,15H2,1-3H3/b10-9+. The quantitative estimate of drug-likeness (QED) is 0.497. The maximum atomic E-state index is 12.6. The van der Waals surface area contributed by atoms with Crippen molar-refractivity contribution < 1.29 is 23.5 Å². The second kappa shape index (κ2) is 10.2. The molecule has 0 atom stereocenters. The molecule has 6 nitrogen and oxygen atoms in total. The van der Waals surface area contributed by atoms with Crippen LogP contribution in [-0.4, -0.2) is 36.5 Å². The van der Waals surface area contributed by atoms with E-state index in [0.29, 0.717) is 5.76 Å². The van der Waals surface area contributed by atoms with Crippen LogP contribution in [0.5, 0.6) is 5.75 Å². The molecule has 1 aromatic heterocycles. The molecule has 1 aromatic carbocycles. The molecule has 0 fully saturated rings. The third kappa shape index (κ3) is 7.01. The van der Waals surface area contributed by atoms with Crippen LogP contribution in [0.25, 0.3) is 6.08 Å². The van der Waals surface area contributed by atoms with Crippen molar-refractivity contribution in [2.45, 2.75) is 32.9 Å². The zero-order valence-corrected chi connectivity index (χ0v) is 15.9. The summed E-state index contributed by atoms with van der Waals surface area (Å²) in [5.41, 5.74) is 0.854. The summed E-state index contributed by atoms with van der Waals surface area (Å²) < 4.78 is 15.6. The molecule has 0 unspecified atom stereocenters. The summed E-state index contributed by atoms with van der Waals surface area (Å²) in [6.07, 6.45) is 4.95. The zero-order valence-electron chi connectivity index (χ0n) is 15.9. The molecule has 0 saturated heterocycles. The van der Waals surface area contributed by atoms with Gasteiger partial charge in [0.2, 0.25) is 5.91 Å². The number of furan rings is 1. The fourth-order valence-electron chi connectivity index (χ4n) is 2.42. The minimum absolute atomic E-state index is 0.0768. The molecule has 1 amide bonds. The Hall–Kier alpha value is -3.02. The Morgan fingerprint density at radius 3 is 2.70 bits per heavy atom. The van der Waals surface area contributed by atoms with Gasteiger partial charge in [-0.1, -0.05) is 12.1 Å². The zero-order chi connectivity index (χ0) is 19.6. The summed E-state index contributed by atoms with van der Waals surface area (Å²) in [5, 5.41) is 0. The largest absolute Gasteiger partial charge is 0.491 e. The molecule has 144 valence electrons. The van der Waals surface area contributed by atoms with Gasteiger partial charge in [0.25, 0.3) is 0 Å². The van der Waals surface area contributed by atoms with E-state index < -0.39 is 0 Å². The summed E-state index contributed by atoms with van der Waals surface area (Å²) in [7, 11) is 1.33. The van der Waals surface area contributed by atoms with Crippen molar-refractivity contribution in [2.75, 3.05) is 13.7 Å². The lowest BCUT2D eigenvalue weighted by Gasteiger charge is -2.19. The van der Waals surface area contributed by atoms with Crippen molar-refractivity contribution in [3.8, 4) is 5.75 Å². The van der Waals surface area contributed by atoms with E-state index >= 15 is 0 Å². The highest BCUT2D eigenvalue weighted by Gasteiger charge is 2.15. The maximum Gasteiger partial charge on any atom is 0.307 e. The molecule has 1 heterocycles. The summed E-state index contributed by atoms with van der Waals surface area (Å²) in [6, 6.07) is 11.1. The van der Waals surface area contributed by atoms with Gasteiger partial charge in [0, 0.05) is 12.6 Å². The van der Waals surface area contributed by atoms with E-state index in [1.54, 1.807) is 29.4 Å². The predicted octanol–water partition coefficient (Wildman–Crippen LogP) is 3.67. The molecular formula is C21H25NO5. The van der Waals surface area contributed by atoms with E-state index in [0.717, 1.165) is 11.3 Å². The van der Waals surface area contributed by atoms with E-state index in [-0.39, 0.29) is 37.5 Å². The normalized spacial score (nSPS) is 11.0. The van der Waals surface area contributed by atoms with Gasteiger partial charge in [-0.05, 0) is 49.8 Å². The van der Waals surface area contributed by atoms with E-state index in [1.165, 1.54) is 13.2 Å². The van der Waals surface area contributed by atoms with E-state index in [2.05, 4.69) is 4.74 Å². The van der Waals surface area contributed by atoms with E-state index in [1.807, 2.05) is 38.1 Å². The first-order valence-corrected chi connectivity index (χ1v) is 8.81. The average Bonchev–Trinajstić information content (AvgIpc) is 3.15. The van der Waals surface area contributed by atoms with Gasteiger partial charge in [-0.25, -0.2) is 0 Å². The molecule has 27 heavy (non-hydrogen) atoms. The fourth-order valence-corrected chi connectivity index (χ4v) is 2.42. The molecule has 0 aliphatic heterocycles. The van der Waals surface area contributed by atoms with Crippen molar-refractivity contribution in [3.63, 3.8) is 0 Å². The number of nitrogens with zero attached hydrogens (tertiary/aromatic N) is 1. The van der Waals surface area contributed by atoms with Crippen molar-refractivity contribution in [3.05, 3.63) is 60.1 Å². The van der Waals surface area contributed by atoms with Crippen molar-refractivity contribution in [2.24, 2.45) is 0 Å². The predicted molar refractivity (Wildman–Crippen MR) is 102 cm³/mol. The first kappa shape index (κ1) is 20.3. The Bertz CT molecular complexity index is 765. The second-order valence-corrected chi connectivity index (χ2v) is 6.24. The van der Waals surface area contributed by atoms with Crippen LogP contribution in [0.1, 0.15) is 31.6 Å². The van der Waals surface area contributed by atoms with Crippen LogP contribution in [0.4, 0.5) is 0 Å². The number of amides is 1. The second-order valence-electron chi connectivity index (χ2n) is 6.24. The number of carbonyl (C=O) groups excluding carboxylic acids is 2. The lowest BCUT2D eigenvalue weighted by atomic mass is 10.2. The molecule has 0 radical (unpaired) electrons. The highest BCUT2D eigenvalue weighted by molar-refractivity contribution is 5.92. The van der Waals surface area contributed by atoms with Gasteiger partial charge in [-0.15, -0.1) is 0 Å². The van der Waals surface area contributed by atoms with Crippen LogP contribution in [-0.2, 0) is 20.9 Å². The van der Waals surface area contributed by atoms with Gasteiger partial charge < -0.3 is 18.8 Å². The molecule has 0 N–H and O–H groups in total. The van der Waals surface area contributed by atoms with Gasteiger partial charge >= 0.3 is 5.97 Å². The molecular weight excluding hydrogens is 346 g/mol. The molecule has 0 spiro atoms. The number of rotatable bonds is 9. The lowest BCUT2D eigenvalue weighted by molar-refractivity contribution is -0.141. The summed E-state index contributed by atoms with van der Waals surface area (Å²) in [5.74, 6) is 0.812. The number of esters is 1. The Balaban J connectivity index is 2.07. The summed E-state index contributed by atoms with van der Waals surface area (Å²) in [4.78, 5) is 25.6. The lowest BCUT2D eigenvalue weighted by Crippen LogP contribution is -2.31. The number of carbonyl (C=O) groups is 2. The Kier molecular flexibility index (Phi) is 7.67. The Morgan fingerprint density at radius 2 is 2.04 bits per heavy atom. The highest BCUT2D eigenvalue weighted by atomic mass is 16.5. The van der Waals surface area contributed by atoms with Crippen molar-refractivity contribution >= 4 is 18.0 Å².